The largest absolute Gasteiger partial charge is 0.478 e. The molecule has 142 valence electrons. The first kappa shape index (κ1) is 20.1. The molecule has 1 unspecified atom stereocenters. The van der Waals surface area contributed by atoms with E-state index in [2.05, 4.69) is 11.9 Å². The topological polar surface area (TPSA) is 104 Å². The fraction of sp³-hybridized carbons (Fsp3) is 0.444. The Labute approximate surface area is 153 Å². The number of aromatic carboxylic acids is 1. The summed E-state index contributed by atoms with van der Waals surface area (Å²) in [4.78, 5) is 23.4. The van der Waals surface area contributed by atoms with Crippen LogP contribution in [-0.2, 0) is 14.8 Å². The Morgan fingerprint density at radius 1 is 1.35 bits per heavy atom. The van der Waals surface area contributed by atoms with Crippen molar-refractivity contribution in [1.29, 1.82) is 0 Å². The van der Waals surface area contributed by atoms with Crippen LogP contribution < -0.4 is 5.32 Å². The van der Waals surface area contributed by atoms with Gasteiger partial charge < -0.3 is 10.4 Å². The summed E-state index contributed by atoms with van der Waals surface area (Å²) in [6.07, 6.45) is 3.22. The molecule has 1 atom stereocenters. The van der Waals surface area contributed by atoms with Crippen LogP contribution >= 0.6 is 0 Å². The van der Waals surface area contributed by atoms with E-state index in [1.807, 2.05) is 6.92 Å². The van der Waals surface area contributed by atoms with Crippen molar-refractivity contribution in [3.8, 4) is 0 Å². The second-order valence-electron chi connectivity index (χ2n) is 6.41. The maximum atomic E-state index is 12.8. The standard InChI is InChI=1S/C18H24N2O5S/c1-3-6-13(2)19-17(21)14-9-11-20(12-10-14)26(24,25)16-8-5-4-7-15(16)18(22)23/h3-5,7-8,13-14H,1,6,9-12H2,2H3,(H,19,21)(H,22,23). The molecule has 26 heavy (non-hydrogen) atoms. The number of carbonyl (C=O) groups excluding carboxylic acids is 1. The van der Waals surface area contributed by atoms with Gasteiger partial charge in [-0.2, -0.15) is 4.31 Å². The molecule has 1 fully saturated rings. The highest BCUT2D eigenvalue weighted by molar-refractivity contribution is 7.89. The number of sulfonamides is 1. The molecule has 1 saturated heterocycles. The van der Waals surface area contributed by atoms with Crippen molar-refractivity contribution in [3.05, 3.63) is 42.5 Å². The smallest absolute Gasteiger partial charge is 0.337 e. The highest BCUT2D eigenvalue weighted by atomic mass is 32.2. The van der Waals surface area contributed by atoms with Gasteiger partial charge in [0.1, 0.15) is 0 Å². The Balaban J connectivity index is 2.06. The maximum Gasteiger partial charge on any atom is 0.337 e. The van der Waals surface area contributed by atoms with Crippen molar-refractivity contribution < 1.29 is 23.1 Å². The SMILES string of the molecule is C=CCC(C)NC(=O)C1CCN(S(=O)(=O)c2ccccc2C(=O)O)CC1. The summed E-state index contributed by atoms with van der Waals surface area (Å²) < 4.78 is 26.9. The molecule has 1 aromatic rings. The van der Waals surface area contributed by atoms with Gasteiger partial charge in [0.2, 0.25) is 15.9 Å². The van der Waals surface area contributed by atoms with Crippen LogP contribution in [0.25, 0.3) is 0 Å². The Bertz CT molecular complexity index is 783. The summed E-state index contributed by atoms with van der Waals surface area (Å²) >= 11 is 0. The summed E-state index contributed by atoms with van der Waals surface area (Å²) in [5.74, 6) is -1.61. The third-order valence-corrected chi connectivity index (χ3v) is 6.43. The predicted octanol–water partition coefficient (Wildman–Crippen LogP) is 1.87. The van der Waals surface area contributed by atoms with E-state index in [1.165, 1.54) is 28.6 Å². The number of carboxylic acids is 1. The van der Waals surface area contributed by atoms with Crippen molar-refractivity contribution in [2.75, 3.05) is 13.1 Å². The van der Waals surface area contributed by atoms with Gasteiger partial charge in [-0.1, -0.05) is 18.2 Å². The molecule has 1 amide bonds. The lowest BCUT2D eigenvalue weighted by Crippen LogP contribution is -2.44. The number of amides is 1. The lowest BCUT2D eigenvalue weighted by Gasteiger charge is -2.31. The number of carbonyl (C=O) groups is 2. The molecule has 1 aliphatic heterocycles. The molecule has 1 aromatic carbocycles. The van der Waals surface area contributed by atoms with Crippen LogP contribution in [0.1, 0.15) is 36.5 Å². The van der Waals surface area contributed by atoms with E-state index in [0.717, 1.165) is 0 Å². The molecule has 0 aromatic heterocycles. The first-order valence-corrected chi connectivity index (χ1v) is 9.95. The van der Waals surface area contributed by atoms with Gasteiger partial charge in [-0.15, -0.1) is 6.58 Å². The van der Waals surface area contributed by atoms with Gasteiger partial charge in [-0.3, -0.25) is 4.79 Å². The van der Waals surface area contributed by atoms with Gasteiger partial charge in [0.25, 0.3) is 0 Å². The molecule has 7 nitrogen and oxygen atoms in total. The highest BCUT2D eigenvalue weighted by Gasteiger charge is 2.34. The van der Waals surface area contributed by atoms with Crippen molar-refractivity contribution in [3.63, 3.8) is 0 Å². The third kappa shape index (κ3) is 4.50. The minimum Gasteiger partial charge on any atom is -0.478 e. The van der Waals surface area contributed by atoms with E-state index >= 15 is 0 Å². The molecule has 0 aliphatic carbocycles. The first-order valence-electron chi connectivity index (χ1n) is 8.51. The second-order valence-corrected chi connectivity index (χ2v) is 8.32. The molecule has 8 heteroatoms. The Kier molecular flexibility index (Phi) is 6.55. The van der Waals surface area contributed by atoms with Crippen molar-refractivity contribution >= 4 is 21.9 Å². The van der Waals surface area contributed by atoms with Crippen LogP contribution in [0.4, 0.5) is 0 Å². The van der Waals surface area contributed by atoms with E-state index in [0.29, 0.717) is 19.3 Å². The van der Waals surface area contributed by atoms with Crippen LogP contribution in [0.3, 0.4) is 0 Å². The number of benzene rings is 1. The minimum absolute atomic E-state index is 0.00999. The van der Waals surface area contributed by atoms with Crippen LogP contribution in [0, 0.1) is 5.92 Å². The first-order chi connectivity index (χ1) is 12.3. The molecular weight excluding hydrogens is 356 g/mol. The lowest BCUT2D eigenvalue weighted by molar-refractivity contribution is -0.126. The zero-order valence-corrected chi connectivity index (χ0v) is 15.5. The summed E-state index contributed by atoms with van der Waals surface area (Å²) in [5, 5.41) is 12.1. The van der Waals surface area contributed by atoms with Crippen molar-refractivity contribution in [2.45, 2.75) is 37.1 Å². The van der Waals surface area contributed by atoms with Gasteiger partial charge >= 0.3 is 5.97 Å². The number of carboxylic acid groups (broad SMARTS) is 1. The van der Waals surface area contributed by atoms with E-state index in [1.54, 1.807) is 6.08 Å². The second kappa shape index (κ2) is 8.46. The van der Waals surface area contributed by atoms with Crippen LogP contribution in [-0.4, -0.2) is 48.8 Å². The normalized spacial score (nSPS) is 17.4. The Morgan fingerprint density at radius 3 is 2.54 bits per heavy atom. The van der Waals surface area contributed by atoms with Crippen molar-refractivity contribution in [2.24, 2.45) is 5.92 Å². The zero-order valence-electron chi connectivity index (χ0n) is 14.7. The molecule has 0 saturated carbocycles. The number of hydrogen-bond donors (Lipinski definition) is 2. The number of nitrogens with zero attached hydrogens (tertiary/aromatic N) is 1. The van der Waals surface area contributed by atoms with Crippen LogP contribution in [0.15, 0.2) is 41.8 Å². The molecule has 1 aliphatic rings. The molecule has 0 bridgehead atoms. The number of hydrogen-bond acceptors (Lipinski definition) is 4. The van der Waals surface area contributed by atoms with Crippen molar-refractivity contribution in [1.82, 2.24) is 9.62 Å². The fourth-order valence-electron chi connectivity index (χ4n) is 3.04. The summed E-state index contributed by atoms with van der Waals surface area (Å²) in [7, 11) is -3.91. The van der Waals surface area contributed by atoms with Gasteiger partial charge in [0.05, 0.1) is 10.5 Å². The molecule has 0 radical (unpaired) electrons. The summed E-state index contributed by atoms with van der Waals surface area (Å²) in [5.41, 5.74) is -0.245. The Morgan fingerprint density at radius 2 is 1.96 bits per heavy atom. The van der Waals surface area contributed by atoms with Crippen LogP contribution in [0.5, 0.6) is 0 Å². The average Bonchev–Trinajstić information content (AvgIpc) is 2.62. The number of nitrogens with one attached hydrogen (secondary N) is 1. The van der Waals surface area contributed by atoms with Crippen LogP contribution in [0.2, 0.25) is 0 Å². The Hall–Kier alpha value is -2.19. The average molecular weight is 380 g/mol. The maximum absolute atomic E-state index is 12.8. The number of rotatable bonds is 7. The van der Waals surface area contributed by atoms with Gasteiger partial charge in [0.15, 0.2) is 0 Å². The molecular formula is C18H24N2O5S. The van der Waals surface area contributed by atoms with E-state index in [-0.39, 0.29) is 41.4 Å². The molecule has 0 spiro atoms. The monoisotopic (exact) mass is 380 g/mol. The number of piperidine rings is 1. The third-order valence-electron chi connectivity index (χ3n) is 4.47. The summed E-state index contributed by atoms with van der Waals surface area (Å²) in [6.45, 7) is 5.90. The van der Waals surface area contributed by atoms with Gasteiger partial charge in [-0.25, -0.2) is 13.2 Å². The van der Waals surface area contributed by atoms with Gasteiger partial charge in [-0.05, 0) is 38.3 Å². The molecule has 1 heterocycles. The highest BCUT2D eigenvalue weighted by Crippen LogP contribution is 2.26. The summed E-state index contributed by atoms with van der Waals surface area (Å²) in [6, 6.07) is 5.55. The van der Waals surface area contributed by atoms with Gasteiger partial charge in [0, 0.05) is 25.0 Å². The van der Waals surface area contributed by atoms with E-state index in [4.69, 9.17) is 0 Å². The quantitative estimate of drug-likeness (QED) is 0.703. The minimum atomic E-state index is -3.91. The fourth-order valence-corrected chi connectivity index (χ4v) is 4.69. The zero-order chi connectivity index (χ0) is 19.3. The lowest BCUT2D eigenvalue weighted by atomic mass is 9.97. The molecule has 2 rings (SSSR count). The van der Waals surface area contributed by atoms with E-state index < -0.39 is 16.0 Å². The van der Waals surface area contributed by atoms with E-state index in [9.17, 15) is 23.1 Å². The predicted molar refractivity (Wildman–Crippen MR) is 97.3 cm³/mol. The molecule has 2 N–H and O–H groups in total.